The predicted molar refractivity (Wildman–Crippen MR) is 96.1 cm³/mol. The van der Waals surface area contributed by atoms with E-state index in [2.05, 4.69) is 15.6 Å². The van der Waals surface area contributed by atoms with E-state index >= 15 is 0 Å². The summed E-state index contributed by atoms with van der Waals surface area (Å²) in [6.45, 7) is 2.65. The zero-order valence-electron chi connectivity index (χ0n) is 14.5. The van der Waals surface area contributed by atoms with Crippen molar-refractivity contribution in [2.45, 2.75) is 38.4 Å². The Balaban J connectivity index is 0.00000225. The van der Waals surface area contributed by atoms with E-state index in [9.17, 15) is 14.4 Å². The molecule has 1 fully saturated rings. The number of hydrogen-bond acceptors (Lipinski definition) is 5. The van der Waals surface area contributed by atoms with Crippen molar-refractivity contribution < 1.29 is 4.79 Å². The molecule has 0 radical (unpaired) electrons. The summed E-state index contributed by atoms with van der Waals surface area (Å²) in [7, 11) is 3.22. The highest BCUT2D eigenvalue weighted by Crippen LogP contribution is 2.08. The first kappa shape index (κ1) is 19.2. The second-order valence-electron chi connectivity index (χ2n) is 6.32. The highest BCUT2D eigenvalue weighted by Gasteiger charge is 2.23. The number of aromatic nitrogens is 4. The largest absolute Gasteiger partial charge is 0.350 e. The molecule has 2 atom stereocenters. The number of piperidine rings is 1. The molecule has 1 aliphatic heterocycles. The Labute approximate surface area is 150 Å². The molecule has 0 aliphatic carbocycles. The Morgan fingerprint density at radius 1 is 1.40 bits per heavy atom. The van der Waals surface area contributed by atoms with Gasteiger partial charge in [0.15, 0.2) is 11.2 Å². The van der Waals surface area contributed by atoms with Gasteiger partial charge in [-0.15, -0.1) is 12.4 Å². The summed E-state index contributed by atoms with van der Waals surface area (Å²) in [6, 6.07) is 0.174. The standard InChI is InChI=1S/C15H22N6O3.ClH/c1-9-10(5-4-6-16-9)18-11(22)7-21-14(23)12-13(17-8-19(12)2)20(3)15(21)24;/h8-10,16H,4-7H2,1-3H3,(H,18,22);1H. The maximum absolute atomic E-state index is 12.6. The lowest BCUT2D eigenvalue weighted by atomic mass is 10.00. The quantitative estimate of drug-likeness (QED) is 0.729. The Morgan fingerprint density at radius 2 is 2.12 bits per heavy atom. The molecule has 1 amide bonds. The summed E-state index contributed by atoms with van der Waals surface area (Å²) < 4.78 is 3.80. The molecule has 0 spiro atoms. The van der Waals surface area contributed by atoms with E-state index in [0.29, 0.717) is 11.2 Å². The van der Waals surface area contributed by atoms with Gasteiger partial charge in [0.2, 0.25) is 5.91 Å². The van der Waals surface area contributed by atoms with Crippen LogP contribution in [0, 0.1) is 0 Å². The van der Waals surface area contributed by atoms with Crippen LogP contribution in [0.2, 0.25) is 0 Å². The molecule has 0 aromatic carbocycles. The molecular weight excluding hydrogens is 348 g/mol. The van der Waals surface area contributed by atoms with Gasteiger partial charge in [-0.3, -0.25) is 14.2 Å². The molecule has 25 heavy (non-hydrogen) atoms. The van der Waals surface area contributed by atoms with Gasteiger partial charge in [-0.05, 0) is 26.3 Å². The first-order chi connectivity index (χ1) is 11.4. The second-order valence-corrected chi connectivity index (χ2v) is 6.32. The van der Waals surface area contributed by atoms with Crippen LogP contribution in [0.15, 0.2) is 15.9 Å². The fraction of sp³-hybridized carbons (Fsp3) is 0.600. The predicted octanol–water partition coefficient (Wildman–Crippen LogP) is -0.888. The van der Waals surface area contributed by atoms with Gasteiger partial charge < -0.3 is 15.2 Å². The smallest absolute Gasteiger partial charge is 0.332 e. The number of rotatable bonds is 3. The van der Waals surface area contributed by atoms with E-state index in [1.54, 1.807) is 18.7 Å². The molecule has 2 unspecified atom stereocenters. The molecule has 1 saturated heterocycles. The van der Waals surface area contributed by atoms with Crippen LogP contribution in [-0.2, 0) is 25.4 Å². The minimum absolute atomic E-state index is 0. The Bertz CT molecular complexity index is 899. The molecule has 2 N–H and O–H groups in total. The number of hydrogen-bond donors (Lipinski definition) is 2. The molecule has 10 heteroatoms. The number of imidazole rings is 1. The van der Waals surface area contributed by atoms with Gasteiger partial charge in [0.1, 0.15) is 6.54 Å². The lowest BCUT2D eigenvalue weighted by Crippen LogP contribution is -2.53. The number of carbonyl (C=O) groups excluding carboxylic acids is 1. The number of amides is 1. The highest BCUT2D eigenvalue weighted by atomic mass is 35.5. The van der Waals surface area contributed by atoms with Crippen molar-refractivity contribution in [3.05, 3.63) is 27.2 Å². The number of carbonyl (C=O) groups is 1. The average molecular weight is 371 g/mol. The number of nitrogens with zero attached hydrogens (tertiary/aromatic N) is 4. The van der Waals surface area contributed by atoms with E-state index < -0.39 is 11.2 Å². The number of nitrogens with one attached hydrogen (secondary N) is 2. The van der Waals surface area contributed by atoms with Crippen LogP contribution in [-0.4, -0.2) is 43.2 Å². The zero-order valence-corrected chi connectivity index (χ0v) is 15.3. The molecule has 2 aromatic rings. The third kappa shape index (κ3) is 3.47. The summed E-state index contributed by atoms with van der Waals surface area (Å²) in [6.07, 6.45) is 3.34. The van der Waals surface area contributed by atoms with E-state index in [1.165, 1.54) is 10.9 Å². The molecule has 3 rings (SSSR count). The molecule has 2 aromatic heterocycles. The number of aryl methyl sites for hydroxylation is 2. The third-order valence-electron chi connectivity index (χ3n) is 4.61. The van der Waals surface area contributed by atoms with Crippen LogP contribution in [0.3, 0.4) is 0 Å². The first-order valence-electron chi connectivity index (χ1n) is 8.03. The minimum atomic E-state index is -0.545. The third-order valence-corrected chi connectivity index (χ3v) is 4.61. The monoisotopic (exact) mass is 370 g/mol. The summed E-state index contributed by atoms with van der Waals surface area (Å²) in [5.41, 5.74) is -0.430. The van der Waals surface area contributed by atoms with Crippen LogP contribution in [0.1, 0.15) is 19.8 Å². The van der Waals surface area contributed by atoms with Crippen molar-refractivity contribution in [2.24, 2.45) is 14.1 Å². The van der Waals surface area contributed by atoms with Gasteiger partial charge in [0.05, 0.1) is 6.33 Å². The lowest BCUT2D eigenvalue weighted by Gasteiger charge is -2.30. The van der Waals surface area contributed by atoms with Gasteiger partial charge in [0.25, 0.3) is 5.56 Å². The summed E-state index contributed by atoms with van der Waals surface area (Å²) in [4.78, 5) is 41.4. The van der Waals surface area contributed by atoms with Crippen molar-refractivity contribution in [1.82, 2.24) is 29.3 Å². The molecular formula is C15H23ClN6O3. The summed E-state index contributed by atoms with van der Waals surface area (Å²) >= 11 is 0. The first-order valence-corrected chi connectivity index (χ1v) is 8.03. The van der Waals surface area contributed by atoms with Gasteiger partial charge >= 0.3 is 5.69 Å². The van der Waals surface area contributed by atoms with Gasteiger partial charge in [-0.1, -0.05) is 0 Å². The topological polar surface area (TPSA) is 103 Å². The van der Waals surface area contributed by atoms with Crippen LogP contribution < -0.4 is 21.9 Å². The molecule has 1 aliphatic rings. The highest BCUT2D eigenvalue weighted by molar-refractivity contribution is 5.85. The van der Waals surface area contributed by atoms with E-state index in [4.69, 9.17) is 0 Å². The number of fused-ring (bicyclic) bond motifs is 1. The fourth-order valence-corrected chi connectivity index (χ4v) is 3.17. The SMILES string of the molecule is CC1NCCCC1NC(=O)Cn1c(=O)c2c(ncn2C)n(C)c1=O.Cl. The van der Waals surface area contributed by atoms with E-state index in [-0.39, 0.29) is 36.9 Å². The maximum Gasteiger partial charge on any atom is 0.332 e. The minimum Gasteiger partial charge on any atom is -0.350 e. The van der Waals surface area contributed by atoms with E-state index in [0.717, 1.165) is 24.0 Å². The van der Waals surface area contributed by atoms with Crippen LogP contribution in [0.25, 0.3) is 11.2 Å². The van der Waals surface area contributed by atoms with Crippen LogP contribution in [0.4, 0.5) is 0 Å². The van der Waals surface area contributed by atoms with Crippen molar-refractivity contribution in [3.63, 3.8) is 0 Å². The van der Waals surface area contributed by atoms with Gasteiger partial charge in [0, 0.05) is 26.2 Å². The lowest BCUT2D eigenvalue weighted by molar-refractivity contribution is -0.122. The van der Waals surface area contributed by atoms with Crippen molar-refractivity contribution in [2.75, 3.05) is 6.54 Å². The Morgan fingerprint density at radius 3 is 2.80 bits per heavy atom. The van der Waals surface area contributed by atoms with Gasteiger partial charge in [-0.25, -0.2) is 14.3 Å². The number of halogens is 1. The zero-order chi connectivity index (χ0) is 17.4. The molecule has 3 heterocycles. The Kier molecular flexibility index (Phi) is 5.69. The average Bonchev–Trinajstić information content (AvgIpc) is 2.94. The van der Waals surface area contributed by atoms with Crippen molar-refractivity contribution in [1.29, 1.82) is 0 Å². The van der Waals surface area contributed by atoms with E-state index in [1.807, 2.05) is 6.92 Å². The van der Waals surface area contributed by atoms with Crippen LogP contribution in [0.5, 0.6) is 0 Å². The molecule has 138 valence electrons. The van der Waals surface area contributed by atoms with Crippen molar-refractivity contribution >= 4 is 29.5 Å². The van der Waals surface area contributed by atoms with Crippen LogP contribution >= 0.6 is 12.4 Å². The Hall–Kier alpha value is -2.13. The maximum atomic E-state index is 12.6. The summed E-state index contributed by atoms with van der Waals surface area (Å²) in [5, 5.41) is 6.22. The fourth-order valence-electron chi connectivity index (χ4n) is 3.17. The molecule has 0 saturated carbocycles. The van der Waals surface area contributed by atoms with Gasteiger partial charge in [-0.2, -0.15) is 0 Å². The molecule has 9 nitrogen and oxygen atoms in total. The normalized spacial score (nSPS) is 20.3. The summed E-state index contributed by atoms with van der Waals surface area (Å²) in [5.74, 6) is -0.337. The second kappa shape index (κ2) is 7.40. The van der Waals surface area contributed by atoms with Crippen molar-refractivity contribution in [3.8, 4) is 0 Å². The molecule has 0 bridgehead atoms.